The molecule has 4 heteroatoms. The number of carbonyl (C=O) groups is 1. The topological polar surface area (TPSA) is 41.6 Å². The van der Waals surface area contributed by atoms with Crippen molar-refractivity contribution < 1.29 is 9.53 Å². The molecule has 0 bridgehead atoms. The summed E-state index contributed by atoms with van der Waals surface area (Å²) in [5, 5.41) is 5.20. The Hall–Kier alpha value is -1.91. The number of hydrogen-bond acceptors (Lipinski definition) is 3. The molecule has 0 spiro atoms. The van der Waals surface area contributed by atoms with Crippen LogP contribution < -0.4 is 5.32 Å². The summed E-state index contributed by atoms with van der Waals surface area (Å²) in [7, 11) is 1.65. The van der Waals surface area contributed by atoms with E-state index >= 15 is 0 Å². The lowest BCUT2D eigenvalue weighted by Gasteiger charge is -2.39. The number of nitrogens with zero attached hydrogens (tertiary/aromatic N) is 1. The zero-order valence-corrected chi connectivity index (χ0v) is 13.1. The fourth-order valence-electron chi connectivity index (χ4n) is 3.08. The van der Waals surface area contributed by atoms with Crippen molar-refractivity contribution in [2.24, 2.45) is 0 Å². The Morgan fingerprint density at radius 1 is 1.27 bits per heavy atom. The fourth-order valence-corrected chi connectivity index (χ4v) is 3.08. The van der Waals surface area contributed by atoms with Gasteiger partial charge in [-0.3, -0.25) is 9.69 Å². The van der Waals surface area contributed by atoms with E-state index in [-0.39, 0.29) is 5.91 Å². The van der Waals surface area contributed by atoms with E-state index in [2.05, 4.69) is 52.7 Å². The van der Waals surface area contributed by atoms with E-state index in [9.17, 15) is 4.79 Å². The molecule has 1 N–H and O–H groups in total. The number of ether oxygens (including phenoxy) is 1. The van der Waals surface area contributed by atoms with Crippen molar-refractivity contribution in [1.29, 1.82) is 0 Å². The third-order valence-corrected chi connectivity index (χ3v) is 4.28. The Bertz CT molecular complexity index is 686. The normalized spacial score (nSPS) is 22.6. The van der Waals surface area contributed by atoms with Crippen molar-refractivity contribution in [2.75, 3.05) is 26.7 Å². The SMILES string of the molecule is CNC(=O)[C@@]1(C)CN(Cc2ccc3ccccc3c2)CCO1. The summed E-state index contributed by atoms with van der Waals surface area (Å²) in [5.41, 5.74) is 0.504. The van der Waals surface area contributed by atoms with E-state index in [4.69, 9.17) is 4.74 Å². The molecule has 1 aliphatic heterocycles. The first-order chi connectivity index (χ1) is 10.6. The van der Waals surface area contributed by atoms with Gasteiger partial charge in [0.05, 0.1) is 6.61 Å². The van der Waals surface area contributed by atoms with Gasteiger partial charge in [-0.05, 0) is 29.3 Å². The van der Waals surface area contributed by atoms with Crippen molar-refractivity contribution in [2.45, 2.75) is 19.1 Å². The molecular weight excluding hydrogens is 276 g/mol. The van der Waals surface area contributed by atoms with Gasteiger partial charge in [0.15, 0.2) is 5.60 Å². The zero-order valence-electron chi connectivity index (χ0n) is 13.1. The molecule has 1 fully saturated rings. The molecule has 22 heavy (non-hydrogen) atoms. The van der Waals surface area contributed by atoms with E-state index in [1.807, 2.05) is 6.92 Å². The summed E-state index contributed by atoms with van der Waals surface area (Å²) in [4.78, 5) is 14.3. The highest BCUT2D eigenvalue weighted by Gasteiger charge is 2.38. The highest BCUT2D eigenvalue weighted by molar-refractivity contribution is 5.85. The first kappa shape index (κ1) is 15.0. The molecule has 1 atom stereocenters. The highest BCUT2D eigenvalue weighted by atomic mass is 16.5. The van der Waals surface area contributed by atoms with E-state index in [0.29, 0.717) is 13.2 Å². The van der Waals surface area contributed by atoms with Gasteiger partial charge in [-0.25, -0.2) is 0 Å². The van der Waals surface area contributed by atoms with Crippen molar-refractivity contribution in [3.05, 3.63) is 48.0 Å². The molecule has 0 aromatic heterocycles. The number of morpholine rings is 1. The molecule has 0 unspecified atom stereocenters. The maximum Gasteiger partial charge on any atom is 0.253 e. The predicted octanol–water partition coefficient (Wildman–Crippen LogP) is 2.18. The number of likely N-dealkylation sites (N-methyl/N-ethyl adjacent to an activating group) is 1. The maximum absolute atomic E-state index is 12.0. The van der Waals surface area contributed by atoms with Crippen LogP contribution in [0.2, 0.25) is 0 Å². The van der Waals surface area contributed by atoms with Crippen LogP contribution in [-0.4, -0.2) is 43.2 Å². The average molecular weight is 298 g/mol. The standard InChI is InChI=1S/C18H22N2O2/c1-18(17(21)19-2)13-20(9-10-22-18)12-14-7-8-15-5-3-4-6-16(15)11-14/h3-8,11H,9-10,12-13H2,1-2H3,(H,19,21)/t18-/m1/s1. The van der Waals surface area contributed by atoms with Crippen LogP contribution in [-0.2, 0) is 16.1 Å². The summed E-state index contributed by atoms with van der Waals surface area (Å²) >= 11 is 0. The zero-order chi connectivity index (χ0) is 15.6. The lowest BCUT2D eigenvalue weighted by atomic mass is 10.0. The van der Waals surface area contributed by atoms with Gasteiger partial charge in [-0.15, -0.1) is 0 Å². The second kappa shape index (κ2) is 6.07. The summed E-state index contributed by atoms with van der Waals surface area (Å²) in [6.07, 6.45) is 0. The molecule has 0 radical (unpaired) electrons. The second-order valence-electron chi connectivity index (χ2n) is 6.05. The van der Waals surface area contributed by atoms with Crippen LogP contribution in [0, 0.1) is 0 Å². The van der Waals surface area contributed by atoms with Crippen molar-refractivity contribution >= 4 is 16.7 Å². The Labute approximate surface area is 131 Å². The van der Waals surface area contributed by atoms with Gasteiger partial charge in [0.2, 0.25) is 0 Å². The van der Waals surface area contributed by atoms with E-state index < -0.39 is 5.60 Å². The van der Waals surface area contributed by atoms with Gasteiger partial charge in [0.1, 0.15) is 0 Å². The van der Waals surface area contributed by atoms with E-state index in [1.165, 1.54) is 16.3 Å². The number of hydrogen-bond donors (Lipinski definition) is 1. The molecular formula is C18H22N2O2. The maximum atomic E-state index is 12.0. The van der Waals surface area contributed by atoms with Crippen molar-refractivity contribution in [1.82, 2.24) is 10.2 Å². The summed E-state index contributed by atoms with van der Waals surface area (Å²) in [6, 6.07) is 14.9. The molecule has 116 valence electrons. The lowest BCUT2D eigenvalue weighted by molar-refractivity contribution is -0.156. The van der Waals surface area contributed by atoms with Crippen LogP contribution >= 0.6 is 0 Å². The van der Waals surface area contributed by atoms with Crippen LogP contribution in [0.5, 0.6) is 0 Å². The molecule has 1 aliphatic rings. The van der Waals surface area contributed by atoms with Crippen LogP contribution in [0.1, 0.15) is 12.5 Å². The van der Waals surface area contributed by atoms with Crippen LogP contribution in [0.15, 0.2) is 42.5 Å². The highest BCUT2D eigenvalue weighted by Crippen LogP contribution is 2.21. The minimum atomic E-state index is -0.760. The van der Waals surface area contributed by atoms with Gasteiger partial charge in [0, 0.05) is 26.7 Å². The molecule has 2 aromatic carbocycles. The van der Waals surface area contributed by atoms with Crippen LogP contribution in [0.3, 0.4) is 0 Å². The molecule has 0 saturated carbocycles. The van der Waals surface area contributed by atoms with Crippen molar-refractivity contribution in [3.8, 4) is 0 Å². The molecule has 4 nitrogen and oxygen atoms in total. The molecule has 1 heterocycles. The number of nitrogens with one attached hydrogen (secondary N) is 1. The van der Waals surface area contributed by atoms with E-state index in [0.717, 1.165) is 13.1 Å². The second-order valence-corrected chi connectivity index (χ2v) is 6.05. The Kier molecular flexibility index (Phi) is 4.14. The van der Waals surface area contributed by atoms with Gasteiger partial charge >= 0.3 is 0 Å². The van der Waals surface area contributed by atoms with Gasteiger partial charge in [-0.1, -0.05) is 36.4 Å². The summed E-state index contributed by atoms with van der Waals surface area (Å²) < 4.78 is 5.70. The summed E-state index contributed by atoms with van der Waals surface area (Å²) in [5.74, 6) is -0.0595. The quantitative estimate of drug-likeness (QED) is 0.944. The Morgan fingerprint density at radius 3 is 2.82 bits per heavy atom. The lowest BCUT2D eigenvalue weighted by Crippen LogP contribution is -2.57. The van der Waals surface area contributed by atoms with Gasteiger partial charge in [-0.2, -0.15) is 0 Å². The minimum Gasteiger partial charge on any atom is -0.363 e. The van der Waals surface area contributed by atoms with Gasteiger partial charge in [0.25, 0.3) is 5.91 Å². The largest absolute Gasteiger partial charge is 0.363 e. The van der Waals surface area contributed by atoms with Crippen LogP contribution in [0.25, 0.3) is 10.8 Å². The monoisotopic (exact) mass is 298 g/mol. The van der Waals surface area contributed by atoms with Crippen molar-refractivity contribution in [3.63, 3.8) is 0 Å². The molecule has 2 aromatic rings. The van der Waals surface area contributed by atoms with Crippen LogP contribution in [0.4, 0.5) is 0 Å². The first-order valence-electron chi connectivity index (χ1n) is 7.67. The number of carbonyl (C=O) groups excluding carboxylic acids is 1. The molecule has 0 aliphatic carbocycles. The third-order valence-electron chi connectivity index (χ3n) is 4.28. The molecule has 1 amide bonds. The van der Waals surface area contributed by atoms with E-state index in [1.54, 1.807) is 7.05 Å². The number of fused-ring (bicyclic) bond motifs is 1. The number of rotatable bonds is 3. The molecule has 1 saturated heterocycles. The smallest absolute Gasteiger partial charge is 0.253 e. The first-order valence-corrected chi connectivity index (χ1v) is 7.67. The third kappa shape index (κ3) is 2.98. The predicted molar refractivity (Wildman–Crippen MR) is 87.6 cm³/mol. The Balaban J connectivity index is 1.75. The molecule has 3 rings (SSSR count). The average Bonchev–Trinajstić information content (AvgIpc) is 2.54. The fraction of sp³-hybridized carbons (Fsp3) is 0.389. The van der Waals surface area contributed by atoms with Gasteiger partial charge < -0.3 is 10.1 Å². The number of amides is 1. The Morgan fingerprint density at radius 2 is 2.05 bits per heavy atom. The summed E-state index contributed by atoms with van der Waals surface area (Å²) in [6.45, 7) is 4.73. The number of benzene rings is 2. The minimum absolute atomic E-state index is 0.0595.